The SMILES string of the molecule is N=C(N)C1CCCOCN1. The van der Waals surface area contributed by atoms with Crippen LogP contribution in [0.4, 0.5) is 0 Å². The van der Waals surface area contributed by atoms with E-state index in [1.54, 1.807) is 0 Å². The lowest BCUT2D eigenvalue weighted by molar-refractivity contribution is 0.130. The van der Waals surface area contributed by atoms with Crippen LogP contribution in [-0.2, 0) is 4.74 Å². The minimum absolute atomic E-state index is 0.0301. The van der Waals surface area contributed by atoms with Crippen LogP contribution in [0.15, 0.2) is 0 Å². The largest absolute Gasteiger partial charge is 0.386 e. The molecule has 10 heavy (non-hydrogen) atoms. The van der Waals surface area contributed by atoms with Gasteiger partial charge in [0.05, 0.1) is 12.8 Å². The van der Waals surface area contributed by atoms with Crippen LogP contribution in [0.1, 0.15) is 12.8 Å². The standard InChI is InChI=1S/C6H13N3O/c7-6(8)5-2-1-3-10-4-9-5/h5,9H,1-4H2,(H3,7,8). The van der Waals surface area contributed by atoms with Gasteiger partial charge >= 0.3 is 0 Å². The molecule has 58 valence electrons. The van der Waals surface area contributed by atoms with Crippen molar-refractivity contribution in [3.63, 3.8) is 0 Å². The predicted octanol–water partition coefficient (Wildman–Crippen LogP) is -0.352. The summed E-state index contributed by atoms with van der Waals surface area (Å²) in [6, 6.07) is 0.0301. The molecular formula is C6H13N3O. The minimum Gasteiger partial charge on any atom is -0.386 e. The Morgan fingerprint density at radius 1 is 1.70 bits per heavy atom. The summed E-state index contributed by atoms with van der Waals surface area (Å²) in [5.74, 6) is 0.213. The van der Waals surface area contributed by atoms with E-state index in [0.29, 0.717) is 6.73 Å². The molecule has 4 heteroatoms. The van der Waals surface area contributed by atoms with E-state index in [1.807, 2.05) is 0 Å². The molecule has 0 aromatic heterocycles. The molecule has 1 rings (SSSR count). The Bertz CT molecular complexity index is 118. The van der Waals surface area contributed by atoms with Crippen molar-refractivity contribution < 1.29 is 4.74 Å². The second-order valence-corrected chi connectivity index (χ2v) is 2.41. The van der Waals surface area contributed by atoms with E-state index >= 15 is 0 Å². The molecule has 0 saturated carbocycles. The third-order valence-corrected chi connectivity index (χ3v) is 1.59. The maximum Gasteiger partial charge on any atom is 0.108 e. The number of rotatable bonds is 1. The van der Waals surface area contributed by atoms with Gasteiger partial charge in [-0.1, -0.05) is 0 Å². The molecule has 0 aromatic carbocycles. The van der Waals surface area contributed by atoms with E-state index in [1.165, 1.54) is 0 Å². The van der Waals surface area contributed by atoms with Crippen molar-refractivity contribution in [2.45, 2.75) is 18.9 Å². The summed E-state index contributed by atoms with van der Waals surface area (Å²) in [5.41, 5.74) is 5.30. The highest BCUT2D eigenvalue weighted by molar-refractivity contribution is 5.82. The summed E-state index contributed by atoms with van der Waals surface area (Å²) in [7, 11) is 0. The molecule has 1 aliphatic heterocycles. The first-order valence-corrected chi connectivity index (χ1v) is 3.46. The van der Waals surface area contributed by atoms with E-state index in [0.717, 1.165) is 19.4 Å². The lowest BCUT2D eigenvalue weighted by Gasteiger charge is -2.11. The summed E-state index contributed by atoms with van der Waals surface area (Å²) in [5, 5.41) is 10.2. The summed E-state index contributed by atoms with van der Waals surface area (Å²) in [6.07, 6.45) is 1.90. The minimum atomic E-state index is 0.0301. The number of nitrogens with two attached hydrogens (primary N) is 1. The molecule has 1 atom stereocenters. The van der Waals surface area contributed by atoms with Gasteiger partial charge in [-0.05, 0) is 12.8 Å². The summed E-state index contributed by atoms with van der Waals surface area (Å²) in [6.45, 7) is 1.29. The van der Waals surface area contributed by atoms with E-state index < -0.39 is 0 Å². The zero-order chi connectivity index (χ0) is 7.40. The summed E-state index contributed by atoms with van der Waals surface area (Å²) in [4.78, 5) is 0. The molecule has 4 N–H and O–H groups in total. The van der Waals surface area contributed by atoms with Crippen molar-refractivity contribution in [1.82, 2.24) is 5.32 Å². The molecule has 0 aromatic rings. The van der Waals surface area contributed by atoms with E-state index in [-0.39, 0.29) is 11.9 Å². The molecule has 0 amide bonds. The van der Waals surface area contributed by atoms with Gasteiger partial charge in [0.25, 0.3) is 0 Å². The second-order valence-electron chi connectivity index (χ2n) is 2.41. The molecule has 1 saturated heterocycles. The van der Waals surface area contributed by atoms with Crippen molar-refractivity contribution >= 4 is 5.84 Å². The highest BCUT2D eigenvalue weighted by Crippen LogP contribution is 2.00. The molecule has 1 aliphatic rings. The van der Waals surface area contributed by atoms with Crippen LogP contribution in [0.3, 0.4) is 0 Å². The molecule has 0 spiro atoms. The van der Waals surface area contributed by atoms with Crippen LogP contribution < -0.4 is 11.1 Å². The fraction of sp³-hybridized carbons (Fsp3) is 0.833. The first-order valence-electron chi connectivity index (χ1n) is 3.46. The molecule has 1 fully saturated rings. The Morgan fingerprint density at radius 3 is 3.20 bits per heavy atom. The number of ether oxygens (including phenoxy) is 1. The maximum absolute atomic E-state index is 7.15. The van der Waals surface area contributed by atoms with Gasteiger partial charge in [-0.2, -0.15) is 0 Å². The average molecular weight is 143 g/mol. The fourth-order valence-corrected chi connectivity index (χ4v) is 0.989. The lowest BCUT2D eigenvalue weighted by Crippen LogP contribution is -2.40. The normalized spacial score (nSPS) is 27.4. The highest BCUT2D eigenvalue weighted by Gasteiger charge is 2.12. The van der Waals surface area contributed by atoms with Gasteiger partial charge in [0, 0.05) is 6.61 Å². The Morgan fingerprint density at radius 2 is 2.50 bits per heavy atom. The number of hydrogen-bond acceptors (Lipinski definition) is 3. The van der Waals surface area contributed by atoms with E-state index in [4.69, 9.17) is 15.9 Å². The number of amidine groups is 1. The predicted molar refractivity (Wildman–Crippen MR) is 38.9 cm³/mol. The van der Waals surface area contributed by atoms with Crippen molar-refractivity contribution in [3.8, 4) is 0 Å². The maximum atomic E-state index is 7.15. The van der Waals surface area contributed by atoms with E-state index in [2.05, 4.69) is 5.32 Å². The molecule has 1 unspecified atom stereocenters. The highest BCUT2D eigenvalue weighted by atomic mass is 16.5. The zero-order valence-corrected chi connectivity index (χ0v) is 5.89. The third kappa shape index (κ3) is 1.97. The van der Waals surface area contributed by atoms with Crippen LogP contribution in [0, 0.1) is 5.41 Å². The van der Waals surface area contributed by atoms with Crippen LogP contribution in [-0.4, -0.2) is 25.2 Å². The fourth-order valence-electron chi connectivity index (χ4n) is 0.989. The van der Waals surface area contributed by atoms with Gasteiger partial charge < -0.3 is 10.5 Å². The molecular weight excluding hydrogens is 130 g/mol. The van der Waals surface area contributed by atoms with Gasteiger partial charge in [0.15, 0.2) is 0 Å². The number of nitrogens with one attached hydrogen (secondary N) is 2. The Kier molecular flexibility index (Phi) is 2.65. The zero-order valence-electron chi connectivity index (χ0n) is 5.89. The van der Waals surface area contributed by atoms with Crippen molar-refractivity contribution in [2.24, 2.45) is 5.73 Å². The Balaban J connectivity index is 2.35. The Labute approximate surface area is 60.2 Å². The molecule has 0 bridgehead atoms. The third-order valence-electron chi connectivity index (χ3n) is 1.59. The van der Waals surface area contributed by atoms with Crippen LogP contribution >= 0.6 is 0 Å². The molecule has 4 nitrogen and oxygen atoms in total. The van der Waals surface area contributed by atoms with Crippen LogP contribution in [0.5, 0.6) is 0 Å². The van der Waals surface area contributed by atoms with Gasteiger partial charge in [-0.25, -0.2) is 0 Å². The second kappa shape index (κ2) is 3.53. The smallest absolute Gasteiger partial charge is 0.108 e. The van der Waals surface area contributed by atoms with Gasteiger partial charge in [-0.3, -0.25) is 10.7 Å². The van der Waals surface area contributed by atoms with Gasteiger partial charge in [0.2, 0.25) is 0 Å². The Hall–Kier alpha value is -0.610. The molecule has 1 heterocycles. The monoisotopic (exact) mass is 143 g/mol. The van der Waals surface area contributed by atoms with Gasteiger partial charge in [0.1, 0.15) is 5.84 Å². The van der Waals surface area contributed by atoms with Crippen molar-refractivity contribution in [2.75, 3.05) is 13.3 Å². The lowest BCUT2D eigenvalue weighted by atomic mass is 10.1. The first kappa shape index (κ1) is 7.50. The molecule has 0 aliphatic carbocycles. The van der Waals surface area contributed by atoms with Crippen molar-refractivity contribution in [1.29, 1.82) is 5.41 Å². The first-order chi connectivity index (χ1) is 4.80. The topological polar surface area (TPSA) is 71.1 Å². The number of hydrogen-bond donors (Lipinski definition) is 3. The summed E-state index contributed by atoms with van der Waals surface area (Å²) >= 11 is 0. The van der Waals surface area contributed by atoms with Crippen molar-refractivity contribution in [3.05, 3.63) is 0 Å². The van der Waals surface area contributed by atoms with E-state index in [9.17, 15) is 0 Å². The van der Waals surface area contributed by atoms with Crippen LogP contribution in [0.2, 0.25) is 0 Å². The molecule has 0 radical (unpaired) electrons. The summed E-state index contributed by atoms with van der Waals surface area (Å²) < 4.78 is 5.11. The van der Waals surface area contributed by atoms with Gasteiger partial charge in [-0.15, -0.1) is 0 Å². The van der Waals surface area contributed by atoms with Crippen LogP contribution in [0.25, 0.3) is 0 Å². The quantitative estimate of drug-likeness (QED) is 0.347. The average Bonchev–Trinajstić information content (AvgIpc) is 2.12.